The summed E-state index contributed by atoms with van der Waals surface area (Å²) in [6.07, 6.45) is 0. The minimum absolute atomic E-state index is 0.297. The van der Waals surface area contributed by atoms with Crippen molar-refractivity contribution in [1.82, 2.24) is 5.16 Å². The highest BCUT2D eigenvalue weighted by molar-refractivity contribution is 6.30. The molecule has 3 rings (SSSR count). The van der Waals surface area contributed by atoms with Crippen molar-refractivity contribution >= 4 is 17.5 Å². The van der Waals surface area contributed by atoms with Gasteiger partial charge in [0, 0.05) is 10.6 Å². The van der Waals surface area contributed by atoms with Crippen molar-refractivity contribution in [2.45, 2.75) is 6.92 Å². The maximum absolute atomic E-state index is 6.05. The Morgan fingerprint density at radius 1 is 1.10 bits per heavy atom. The second-order valence-electron chi connectivity index (χ2n) is 4.60. The quantitative estimate of drug-likeness (QED) is 0.751. The molecule has 2 aromatic carbocycles. The van der Waals surface area contributed by atoms with E-state index in [1.54, 1.807) is 0 Å². The molecule has 1 aromatic heterocycles. The molecule has 4 heteroatoms. The van der Waals surface area contributed by atoms with Crippen molar-refractivity contribution in [1.29, 1.82) is 0 Å². The number of aromatic nitrogens is 1. The lowest BCUT2D eigenvalue weighted by Crippen LogP contribution is -1.89. The van der Waals surface area contributed by atoms with Crippen molar-refractivity contribution in [3.8, 4) is 22.4 Å². The molecule has 100 valence electrons. The van der Waals surface area contributed by atoms with Gasteiger partial charge in [0.25, 0.3) is 0 Å². The lowest BCUT2D eigenvalue weighted by atomic mass is 9.98. The second kappa shape index (κ2) is 5.02. The predicted molar refractivity (Wildman–Crippen MR) is 81.5 cm³/mol. The highest BCUT2D eigenvalue weighted by Gasteiger charge is 2.18. The normalized spacial score (nSPS) is 10.7. The van der Waals surface area contributed by atoms with Crippen molar-refractivity contribution in [3.63, 3.8) is 0 Å². The predicted octanol–water partition coefficient (Wildman–Crippen LogP) is 4.55. The van der Waals surface area contributed by atoms with E-state index in [0.29, 0.717) is 10.9 Å². The Morgan fingerprint density at radius 3 is 2.65 bits per heavy atom. The van der Waals surface area contributed by atoms with Crippen LogP contribution in [0.15, 0.2) is 53.1 Å². The number of anilines is 1. The molecule has 0 aliphatic carbocycles. The van der Waals surface area contributed by atoms with Crippen LogP contribution in [0.25, 0.3) is 22.4 Å². The largest absolute Gasteiger partial charge is 0.367 e. The summed E-state index contributed by atoms with van der Waals surface area (Å²) in [5, 5.41) is 4.76. The highest BCUT2D eigenvalue weighted by atomic mass is 35.5. The summed E-state index contributed by atoms with van der Waals surface area (Å²) in [5.74, 6) is 0.297. The molecule has 0 bridgehead atoms. The Kier molecular flexibility index (Phi) is 3.20. The van der Waals surface area contributed by atoms with Crippen molar-refractivity contribution in [2.24, 2.45) is 0 Å². The number of hydrogen-bond acceptors (Lipinski definition) is 3. The Balaban J connectivity index is 2.23. The topological polar surface area (TPSA) is 52.0 Å². The maximum atomic E-state index is 6.05. The van der Waals surface area contributed by atoms with E-state index < -0.39 is 0 Å². The number of benzene rings is 2. The lowest BCUT2D eigenvalue weighted by Gasteiger charge is -2.05. The zero-order valence-electron chi connectivity index (χ0n) is 10.9. The van der Waals surface area contributed by atoms with Gasteiger partial charge in [0.15, 0.2) is 0 Å². The summed E-state index contributed by atoms with van der Waals surface area (Å²) in [5.41, 5.74) is 10.5. The molecule has 0 spiro atoms. The first-order valence-electron chi connectivity index (χ1n) is 6.24. The van der Waals surface area contributed by atoms with Crippen LogP contribution in [-0.2, 0) is 0 Å². The van der Waals surface area contributed by atoms with Crippen LogP contribution >= 0.6 is 11.6 Å². The van der Waals surface area contributed by atoms with Crippen LogP contribution in [0.2, 0.25) is 5.02 Å². The first kappa shape index (κ1) is 12.8. The van der Waals surface area contributed by atoms with Crippen LogP contribution in [-0.4, -0.2) is 5.16 Å². The van der Waals surface area contributed by atoms with Gasteiger partial charge in [-0.2, -0.15) is 0 Å². The first-order valence-corrected chi connectivity index (χ1v) is 6.61. The molecule has 1 heterocycles. The molecule has 0 unspecified atom stereocenters. The molecule has 3 aromatic rings. The minimum Gasteiger partial charge on any atom is -0.367 e. The monoisotopic (exact) mass is 284 g/mol. The lowest BCUT2D eigenvalue weighted by molar-refractivity contribution is 0.439. The number of rotatable bonds is 2. The molecule has 0 radical (unpaired) electrons. The molecule has 20 heavy (non-hydrogen) atoms. The van der Waals surface area contributed by atoms with Crippen molar-refractivity contribution < 1.29 is 4.52 Å². The summed E-state index contributed by atoms with van der Waals surface area (Å²) in [6, 6.07) is 15.5. The summed E-state index contributed by atoms with van der Waals surface area (Å²) >= 11 is 6.05. The van der Waals surface area contributed by atoms with E-state index in [4.69, 9.17) is 21.9 Å². The van der Waals surface area contributed by atoms with Gasteiger partial charge in [-0.25, -0.2) is 0 Å². The smallest absolute Gasteiger partial charge is 0.230 e. The fourth-order valence-corrected chi connectivity index (χ4v) is 2.44. The summed E-state index contributed by atoms with van der Waals surface area (Å²) < 4.78 is 5.18. The van der Waals surface area contributed by atoms with Crippen molar-refractivity contribution in [2.75, 3.05) is 5.73 Å². The van der Waals surface area contributed by atoms with E-state index in [-0.39, 0.29) is 0 Å². The number of aryl methyl sites for hydroxylation is 1. The third-order valence-electron chi connectivity index (χ3n) is 3.23. The van der Waals surface area contributed by atoms with E-state index in [0.717, 1.165) is 27.9 Å². The summed E-state index contributed by atoms with van der Waals surface area (Å²) in [6.45, 7) is 2.03. The van der Waals surface area contributed by atoms with E-state index in [2.05, 4.69) is 5.16 Å². The molecule has 3 nitrogen and oxygen atoms in total. The SMILES string of the molecule is Cc1ccccc1-c1noc(N)c1-c1cccc(Cl)c1. The Morgan fingerprint density at radius 2 is 1.90 bits per heavy atom. The average Bonchev–Trinajstić information content (AvgIpc) is 2.81. The number of halogens is 1. The fraction of sp³-hybridized carbons (Fsp3) is 0.0625. The minimum atomic E-state index is 0.297. The fourth-order valence-electron chi connectivity index (χ4n) is 2.25. The van der Waals surface area contributed by atoms with Crippen LogP contribution in [0.3, 0.4) is 0 Å². The molecular formula is C16H13ClN2O. The van der Waals surface area contributed by atoms with E-state index in [9.17, 15) is 0 Å². The summed E-state index contributed by atoms with van der Waals surface area (Å²) in [4.78, 5) is 0. The van der Waals surface area contributed by atoms with Crippen LogP contribution in [0.5, 0.6) is 0 Å². The second-order valence-corrected chi connectivity index (χ2v) is 5.03. The number of nitrogens with zero attached hydrogens (tertiary/aromatic N) is 1. The van der Waals surface area contributed by atoms with E-state index in [1.165, 1.54) is 0 Å². The zero-order valence-corrected chi connectivity index (χ0v) is 11.7. The molecule has 0 aliphatic heterocycles. The van der Waals surface area contributed by atoms with Gasteiger partial charge in [0.1, 0.15) is 5.69 Å². The molecule has 0 aliphatic rings. The van der Waals surface area contributed by atoms with Crippen LogP contribution in [0, 0.1) is 6.92 Å². The van der Waals surface area contributed by atoms with Crippen molar-refractivity contribution in [3.05, 3.63) is 59.1 Å². The summed E-state index contributed by atoms with van der Waals surface area (Å²) in [7, 11) is 0. The molecule has 2 N–H and O–H groups in total. The third-order valence-corrected chi connectivity index (χ3v) is 3.47. The molecule has 0 saturated carbocycles. The van der Waals surface area contributed by atoms with Gasteiger partial charge < -0.3 is 10.3 Å². The van der Waals surface area contributed by atoms with Gasteiger partial charge in [0.05, 0.1) is 5.56 Å². The van der Waals surface area contributed by atoms with E-state index in [1.807, 2.05) is 55.5 Å². The molecule has 0 fully saturated rings. The van der Waals surface area contributed by atoms with Crippen LogP contribution < -0.4 is 5.73 Å². The molecule has 0 atom stereocenters. The number of hydrogen-bond donors (Lipinski definition) is 1. The molecule has 0 saturated heterocycles. The zero-order chi connectivity index (χ0) is 14.1. The third kappa shape index (κ3) is 2.17. The maximum Gasteiger partial charge on any atom is 0.230 e. The van der Waals surface area contributed by atoms with Gasteiger partial charge in [-0.1, -0.05) is 53.2 Å². The van der Waals surface area contributed by atoms with Gasteiger partial charge in [-0.3, -0.25) is 0 Å². The number of nitrogen functional groups attached to an aromatic ring is 1. The average molecular weight is 285 g/mol. The van der Waals surface area contributed by atoms with Gasteiger partial charge in [-0.05, 0) is 30.2 Å². The number of nitrogens with two attached hydrogens (primary N) is 1. The van der Waals surface area contributed by atoms with Gasteiger partial charge >= 0.3 is 0 Å². The Labute approximate surface area is 122 Å². The Hall–Kier alpha value is -2.26. The standard InChI is InChI=1S/C16H13ClN2O/c1-10-5-2-3-8-13(10)15-14(16(18)20-19-15)11-6-4-7-12(17)9-11/h2-9H,18H2,1H3. The Bertz CT molecular complexity index is 765. The van der Waals surface area contributed by atoms with Crippen LogP contribution in [0.1, 0.15) is 5.56 Å². The molecular weight excluding hydrogens is 272 g/mol. The highest BCUT2D eigenvalue weighted by Crippen LogP contribution is 2.37. The van der Waals surface area contributed by atoms with Gasteiger partial charge in [0.2, 0.25) is 5.88 Å². The van der Waals surface area contributed by atoms with Crippen LogP contribution in [0.4, 0.5) is 5.88 Å². The van der Waals surface area contributed by atoms with Gasteiger partial charge in [-0.15, -0.1) is 0 Å². The first-order chi connectivity index (χ1) is 9.66. The van der Waals surface area contributed by atoms with E-state index >= 15 is 0 Å². The molecule has 0 amide bonds.